The lowest BCUT2D eigenvalue weighted by molar-refractivity contribution is 0.195. The first-order chi connectivity index (χ1) is 14.7. The van der Waals surface area contributed by atoms with Crippen LogP contribution < -0.4 is 4.74 Å². The molecule has 1 unspecified atom stereocenters. The maximum Gasteiger partial charge on any atom is 0.245 e. The number of hydrogen-bond donors (Lipinski definition) is 0. The minimum Gasteiger partial charge on any atom is -0.471 e. The molecule has 8 nitrogen and oxygen atoms in total. The summed E-state index contributed by atoms with van der Waals surface area (Å²) in [4.78, 5) is 16.1. The van der Waals surface area contributed by atoms with Crippen LogP contribution in [0.5, 0.6) is 5.88 Å². The number of likely N-dealkylation sites (tertiary alicyclic amines) is 1. The van der Waals surface area contributed by atoms with E-state index >= 15 is 0 Å². The molecule has 1 saturated heterocycles. The van der Waals surface area contributed by atoms with Crippen molar-refractivity contribution in [3.05, 3.63) is 49.1 Å². The lowest BCUT2D eigenvalue weighted by Crippen LogP contribution is -2.25. The topological polar surface area (TPSA) is 73.9 Å². The van der Waals surface area contributed by atoms with Crippen LogP contribution in [0.3, 0.4) is 0 Å². The smallest absolute Gasteiger partial charge is 0.245 e. The number of fused-ring (bicyclic) bond motifs is 1. The molecule has 30 heavy (non-hydrogen) atoms. The Morgan fingerprint density at radius 2 is 2.03 bits per heavy atom. The number of benzene rings is 1. The van der Waals surface area contributed by atoms with E-state index in [0.717, 1.165) is 55.2 Å². The summed E-state index contributed by atoms with van der Waals surface area (Å²) in [6, 6.07) is 10.0. The fourth-order valence-electron chi connectivity index (χ4n) is 4.05. The normalized spacial score (nSPS) is 17.1. The molecule has 8 heteroatoms. The highest BCUT2D eigenvalue weighted by Gasteiger charge is 2.25. The summed E-state index contributed by atoms with van der Waals surface area (Å²) in [5.41, 5.74) is 3.37. The van der Waals surface area contributed by atoms with Gasteiger partial charge in [-0.15, -0.1) is 0 Å². The largest absolute Gasteiger partial charge is 0.471 e. The van der Waals surface area contributed by atoms with E-state index in [2.05, 4.69) is 26.9 Å². The molecular formula is C22H25N7O. The lowest BCUT2D eigenvalue weighted by Gasteiger charge is -2.15. The number of aryl methyl sites for hydroxylation is 1. The number of ether oxygens (including phenoxy) is 1. The number of imidazole rings is 1. The molecule has 5 rings (SSSR count). The molecule has 0 saturated carbocycles. The van der Waals surface area contributed by atoms with Gasteiger partial charge in [0.2, 0.25) is 5.88 Å². The Labute approximate surface area is 175 Å². The van der Waals surface area contributed by atoms with Crippen molar-refractivity contribution in [2.24, 2.45) is 7.05 Å². The summed E-state index contributed by atoms with van der Waals surface area (Å²) < 4.78 is 10.1. The van der Waals surface area contributed by atoms with Crippen LogP contribution in [0, 0.1) is 0 Å². The fourth-order valence-corrected chi connectivity index (χ4v) is 4.05. The summed E-state index contributed by atoms with van der Waals surface area (Å²) >= 11 is 0. The lowest BCUT2D eigenvalue weighted by atomic mass is 10.3. The second-order valence-electron chi connectivity index (χ2n) is 7.68. The van der Waals surface area contributed by atoms with E-state index in [1.807, 2.05) is 59.0 Å². The third-order valence-corrected chi connectivity index (χ3v) is 5.53. The van der Waals surface area contributed by atoms with Crippen molar-refractivity contribution in [1.82, 2.24) is 34.2 Å². The molecule has 0 spiro atoms. The highest BCUT2D eigenvalue weighted by molar-refractivity contribution is 5.81. The first-order valence-electron chi connectivity index (χ1n) is 10.4. The maximum atomic E-state index is 6.25. The zero-order valence-corrected chi connectivity index (χ0v) is 17.3. The molecule has 0 bridgehead atoms. The van der Waals surface area contributed by atoms with Gasteiger partial charge in [0.05, 0.1) is 17.4 Å². The van der Waals surface area contributed by atoms with Crippen LogP contribution in [0.25, 0.3) is 28.2 Å². The number of para-hydroxylation sites is 1. The van der Waals surface area contributed by atoms with Crippen molar-refractivity contribution in [2.45, 2.75) is 25.9 Å². The second-order valence-corrected chi connectivity index (χ2v) is 7.68. The molecule has 4 aromatic rings. The van der Waals surface area contributed by atoms with Crippen LogP contribution in [0.1, 0.15) is 19.8 Å². The molecule has 0 radical (unpaired) electrons. The Kier molecular flexibility index (Phi) is 4.92. The number of hydrogen-bond acceptors (Lipinski definition) is 6. The molecule has 0 amide bonds. The van der Waals surface area contributed by atoms with Gasteiger partial charge in [-0.1, -0.05) is 25.1 Å². The Hall–Kier alpha value is -3.26. The third kappa shape index (κ3) is 3.43. The summed E-state index contributed by atoms with van der Waals surface area (Å²) in [7, 11) is 1.96. The Bertz CT molecular complexity index is 1150. The van der Waals surface area contributed by atoms with Crippen molar-refractivity contribution < 1.29 is 4.74 Å². The SMILES string of the molecule is CCCN1CCC(Oc2ncnc3c2nc(-c2cnn(-c4ccccc4)c2)n3C)C1. The first kappa shape index (κ1) is 18.7. The van der Waals surface area contributed by atoms with E-state index in [-0.39, 0.29) is 6.10 Å². The molecule has 0 aliphatic carbocycles. The molecule has 1 fully saturated rings. The Morgan fingerprint density at radius 3 is 2.87 bits per heavy atom. The van der Waals surface area contributed by atoms with E-state index in [9.17, 15) is 0 Å². The number of rotatable bonds is 6. The van der Waals surface area contributed by atoms with Gasteiger partial charge >= 0.3 is 0 Å². The van der Waals surface area contributed by atoms with Crippen LogP contribution in [0.2, 0.25) is 0 Å². The monoisotopic (exact) mass is 403 g/mol. The minimum atomic E-state index is 0.140. The average Bonchev–Trinajstić information content (AvgIpc) is 3.49. The van der Waals surface area contributed by atoms with Crippen LogP contribution >= 0.6 is 0 Å². The first-order valence-corrected chi connectivity index (χ1v) is 10.4. The second kappa shape index (κ2) is 7.87. The highest BCUT2D eigenvalue weighted by Crippen LogP contribution is 2.28. The molecule has 154 valence electrons. The average molecular weight is 403 g/mol. The Morgan fingerprint density at radius 1 is 1.17 bits per heavy atom. The summed E-state index contributed by atoms with van der Waals surface area (Å²) in [5.74, 6) is 1.34. The van der Waals surface area contributed by atoms with E-state index in [1.165, 1.54) is 0 Å². The highest BCUT2D eigenvalue weighted by atomic mass is 16.5. The van der Waals surface area contributed by atoms with Crippen LogP contribution in [0.15, 0.2) is 49.1 Å². The molecule has 1 aliphatic heterocycles. The third-order valence-electron chi connectivity index (χ3n) is 5.53. The number of nitrogens with zero attached hydrogens (tertiary/aromatic N) is 7. The van der Waals surface area contributed by atoms with E-state index < -0.39 is 0 Å². The summed E-state index contributed by atoms with van der Waals surface area (Å²) in [5, 5.41) is 4.50. The fraction of sp³-hybridized carbons (Fsp3) is 0.364. The molecule has 1 aliphatic rings. The molecule has 1 aromatic carbocycles. The van der Waals surface area contributed by atoms with Crippen molar-refractivity contribution in [2.75, 3.05) is 19.6 Å². The zero-order valence-electron chi connectivity index (χ0n) is 17.3. The van der Waals surface area contributed by atoms with Gasteiger partial charge in [-0.25, -0.2) is 14.6 Å². The van der Waals surface area contributed by atoms with Crippen LogP contribution in [-0.4, -0.2) is 59.9 Å². The van der Waals surface area contributed by atoms with Crippen LogP contribution in [0.4, 0.5) is 0 Å². The number of aromatic nitrogens is 6. The molecule has 3 aromatic heterocycles. The van der Waals surface area contributed by atoms with Gasteiger partial charge in [0, 0.05) is 26.3 Å². The van der Waals surface area contributed by atoms with Gasteiger partial charge < -0.3 is 9.30 Å². The van der Waals surface area contributed by atoms with Gasteiger partial charge in [-0.05, 0) is 31.5 Å². The van der Waals surface area contributed by atoms with Gasteiger partial charge in [-0.3, -0.25) is 4.90 Å². The molecule has 1 atom stereocenters. The molecule has 4 heterocycles. The van der Waals surface area contributed by atoms with Gasteiger partial charge in [0.25, 0.3) is 0 Å². The van der Waals surface area contributed by atoms with Crippen molar-refractivity contribution >= 4 is 11.2 Å². The van der Waals surface area contributed by atoms with Gasteiger partial charge in [0.15, 0.2) is 11.2 Å². The molecule has 0 N–H and O–H groups in total. The standard InChI is InChI=1S/C22H25N7O/c1-3-10-28-11-9-18(14-28)30-22-19-21(23-15-24-22)27(2)20(26-19)16-12-25-29(13-16)17-7-5-4-6-8-17/h4-8,12-13,15,18H,3,9-11,14H2,1-2H3. The zero-order chi connectivity index (χ0) is 20.5. The van der Waals surface area contributed by atoms with Crippen molar-refractivity contribution in [1.29, 1.82) is 0 Å². The van der Waals surface area contributed by atoms with Crippen LogP contribution in [-0.2, 0) is 7.05 Å². The van der Waals surface area contributed by atoms with E-state index in [0.29, 0.717) is 11.4 Å². The van der Waals surface area contributed by atoms with Crippen molar-refractivity contribution in [3.8, 4) is 23.0 Å². The van der Waals surface area contributed by atoms with E-state index in [4.69, 9.17) is 9.72 Å². The minimum absolute atomic E-state index is 0.140. The quantitative estimate of drug-likeness (QED) is 0.493. The Balaban J connectivity index is 1.45. The summed E-state index contributed by atoms with van der Waals surface area (Å²) in [6.45, 7) is 5.32. The summed E-state index contributed by atoms with van der Waals surface area (Å²) in [6.07, 6.45) is 7.65. The maximum absolute atomic E-state index is 6.25. The predicted molar refractivity (Wildman–Crippen MR) is 115 cm³/mol. The van der Waals surface area contributed by atoms with E-state index in [1.54, 1.807) is 6.33 Å². The van der Waals surface area contributed by atoms with Gasteiger partial charge in [-0.2, -0.15) is 10.1 Å². The predicted octanol–water partition coefficient (Wildman–Crippen LogP) is 3.08. The van der Waals surface area contributed by atoms with Crippen molar-refractivity contribution in [3.63, 3.8) is 0 Å². The molecular weight excluding hydrogens is 378 g/mol. The van der Waals surface area contributed by atoms with Gasteiger partial charge in [0.1, 0.15) is 18.3 Å².